The van der Waals surface area contributed by atoms with Gasteiger partial charge in [0, 0.05) is 19.1 Å². The van der Waals surface area contributed by atoms with Gasteiger partial charge in [-0.3, -0.25) is 0 Å². The van der Waals surface area contributed by atoms with Crippen LogP contribution in [0.25, 0.3) is 0 Å². The highest BCUT2D eigenvalue weighted by molar-refractivity contribution is 5.30. The maximum atomic E-state index is 5.83. The van der Waals surface area contributed by atoms with Crippen LogP contribution in [0.1, 0.15) is 25.5 Å². The minimum absolute atomic E-state index is 0.115. The van der Waals surface area contributed by atoms with Gasteiger partial charge in [-0.05, 0) is 31.5 Å². The molecule has 0 heterocycles. The van der Waals surface area contributed by atoms with Crippen LogP contribution in [0.2, 0.25) is 0 Å². The lowest BCUT2D eigenvalue weighted by Crippen LogP contribution is -2.31. The van der Waals surface area contributed by atoms with E-state index in [2.05, 4.69) is 18.0 Å². The highest BCUT2D eigenvalue weighted by atomic mass is 16.5. The van der Waals surface area contributed by atoms with Crippen LogP contribution in [-0.4, -0.2) is 32.9 Å². The van der Waals surface area contributed by atoms with E-state index in [1.54, 1.807) is 0 Å². The molecule has 4 nitrogen and oxygen atoms in total. The van der Waals surface area contributed by atoms with Crippen molar-refractivity contribution in [3.8, 4) is 5.75 Å². The summed E-state index contributed by atoms with van der Waals surface area (Å²) < 4.78 is 11.0. The van der Waals surface area contributed by atoms with E-state index in [1.165, 1.54) is 0 Å². The summed E-state index contributed by atoms with van der Waals surface area (Å²) in [7, 11) is 0. The lowest BCUT2D eigenvalue weighted by atomic mass is 10.1. The van der Waals surface area contributed by atoms with Crippen LogP contribution in [0.3, 0.4) is 0 Å². The van der Waals surface area contributed by atoms with Crippen molar-refractivity contribution in [3.63, 3.8) is 0 Å². The molecular formula is C16H26N2O2. The third-order valence-corrected chi connectivity index (χ3v) is 2.79. The third-order valence-electron chi connectivity index (χ3n) is 2.79. The van der Waals surface area contributed by atoms with Crippen LogP contribution >= 0.6 is 0 Å². The smallest absolute Gasteiger partial charge is 0.119 e. The first kappa shape index (κ1) is 16.7. The molecule has 0 aliphatic heterocycles. The Morgan fingerprint density at radius 3 is 2.90 bits per heavy atom. The predicted octanol–water partition coefficient (Wildman–Crippen LogP) is 2.27. The molecular weight excluding hydrogens is 252 g/mol. The second-order valence-corrected chi connectivity index (χ2v) is 4.76. The summed E-state index contributed by atoms with van der Waals surface area (Å²) in [5.41, 5.74) is 8.00. The first-order valence-electron chi connectivity index (χ1n) is 7.05. The van der Waals surface area contributed by atoms with Gasteiger partial charge in [0.05, 0.1) is 19.8 Å². The average molecular weight is 278 g/mol. The molecule has 0 radical (unpaired) electrons. The third kappa shape index (κ3) is 6.19. The molecule has 1 aromatic carbocycles. The molecule has 0 aliphatic carbocycles. The van der Waals surface area contributed by atoms with Gasteiger partial charge in [0.2, 0.25) is 0 Å². The number of nitrogens with one attached hydrogen (secondary N) is 1. The van der Waals surface area contributed by atoms with E-state index in [0.717, 1.165) is 23.4 Å². The molecule has 1 atom stereocenters. The van der Waals surface area contributed by atoms with Crippen molar-refractivity contribution in [2.45, 2.75) is 19.9 Å². The zero-order valence-corrected chi connectivity index (χ0v) is 12.5. The van der Waals surface area contributed by atoms with Gasteiger partial charge in [0.25, 0.3) is 0 Å². The quantitative estimate of drug-likeness (QED) is 0.509. The van der Waals surface area contributed by atoms with Crippen molar-refractivity contribution in [2.24, 2.45) is 5.73 Å². The second-order valence-electron chi connectivity index (χ2n) is 4.76. The summed E-state index contributed by atoms with van der Waals surface area (Å²) in [6.45, 7) is 10.9. The van der Waals surface area contributed by atoms with Crippen molar-refractivity contribution < 1.29 is 9.47 Å². The van der Waals surface area contributed by atoms with Crippen molar-refractivity contribution >= 4 is 0 Å². The van der Waals surface area contributed by atoms with Gasteiger partial charge < -0.3 is 20.5 Å². The maximum Gasteiger partial charge on any atom is 0.119 e. The summed E-state index contributed by atoms with van der Waals surface area (Å²) in [5, 5.41) is 3.39. The molecule has 0 bridgehead atoms. The number of rotatable bonds is 10. The predicted molar refractivity (Wildman–Crippen MR) is 83.0 cm³/mol. The first-order chi connectivity index (χ1) is 9.67. The molecule has 3 N–H and O–H groups in total. The Hall–Kier alpha value is -1.36. The Bertz CT molecular complexity index is 407. The normalized spacial score (nSPS) is 12.2. The molecule has 20 heavy (non-hydrogen) atoms. The fourth-order valence-electron chi connectivity index (χ4n) is 1.88. The maximum absolute atomic E-state index is 5.83. The van der Waals surface area contributed by atoms with Crippen LogP contribution in [0, 0.1) is 0 Å². The highest BCUT2D eigenvalue weighted by Crippen LogP contribution is 2.18. The van der Waals surface area contributed by atoms with Crippen molar-refractivity contribution in [3.05, 3.63) is 42.0 Å². The molecule has 0 aliphatic rings. The van der Waals surface area contributed by atoms with Crippen LogP contribution in [0.4, 0.5) is 0 Å². The number of nitrogens with two attached hydrogens (primary N) is 1. The summed E-state index contributed by atoms with van der Waals surface area (Å²) in [6, 6.07) is 8.15. The number of benzene rings is 1. The van der Waals surface area contributed by atoms with E-state index in [9.17, 15) is 0 Å². The van der Waals surface area contributed by atoms with Crippen LogP contribution < -0.4 is 15.8 Å². The summed E-state index contributed by atoms with van der Waals surface area (Å²) in [6.07, 6.45) is 0. The molecule has 1 unspecified atom stereocenters. The van der Waals surface area contributed by atoms with Gasteiger partial charge in [-0.15, -0.1) is 0 Å². The summed E-state index contributed by atoms with van der Waals surface area (Å²) >= 11 is 0. The Morgan fingerprint density at radius 1 is 1.45 bits per heavy atom. The van der Waals surface area contributed by atoms with E-state index in [4.69, 9.17) is 15.2 Å². The van der Waals surface area contributed by atoms with Crippen LogP contribution in [-0.2, 0) is 4.74 Å². The fraction of sp³-hybridized carbons (Fsp3) is 0.500. The molecule has 0 saturated heterocycles. The summed E-state index contributed by atoms with van der Waals surface area (Å²) in [4.78, 5) is 0. The van der Waals surface area contributed by atoms with Gasteiger partial charge >= 0.3 is 0 Å². The highest BCUT2D eigenvalue weighted by Gasteiger charge is 2.09. The van der Waals surface area contributed by atoms with Crippen molar-refractivity contribution in [1.82, 2.24) is 5.32 Å². The van der Waals surface area contributed by atoms with Crippen molar-refractivity contribution in [1.29, 1.82) is 0 Å². The molecule has 0 saturated carbocycles. The Labute approximate surface area is 122 Å². The second kappa shape index (κ2) is 9.53. The average Bonchev–Trinajstić information content (AvgIpc) is 2.43. The number of hydrogen-bond acceptors (Lipinski definition) is 4. The minimum atomic E-state index is 0.115. The standard InChI is InChI=1S/C16H26N2O2/c1-4-20-15-7-5-6-14(10-15)16(11-17)18-8-9-19-12-13(2)3/h5-7,10,16,18H,2,4,8-9,11-12,17H2,1,3H3. The minimum Gasteiger partial charge on any atom is -0.494 e. The molecule has 0 fully saturated rings. The van der Waals surface area contributed by atoms with Gasteiger partial charge in [-0.1, -0.05) is 24.3 Å². The zero-order valence-electron chi connectivity index (χ0n) is 12.5. The molecule has 112 valence electrons. The zero-order chi connectivity index (χ0) is 14.8. The topological polar surface area (TPSA) is 56.5 Å². The van der Waals surface area contributed by atoms with Crippen LogP contribution in [0.15, 0.2) is 36.4 Å². The van der Waals surface area contributed by atoms with E-state index < -0.39 is 0 Å². The lowest BCUT2D eigenvalue weighted by Gasteiger charge is -2.18. The molecule has 1 rings (SSSR count). The molecule has 1 aromatic rings. The fourth-order valence-corrected chi connectivity index (χ4v) is 1.88. The van der Waals surface area contributed by atoms with Crippen molar-refractivity contribution in [2.75, 3.05) is 32.9 Å². The Morgan fingerprint density at radius 2 is 2.25 bits per heavy atom. The lowest BCUT2D eigenvalue weighted by molar-refractivity contribution is 0.155. The summed E-state index contributed by atoms with van der Waals surface area (Å²) in [5.74, 6) is 0.879. The molecule has 0 spiro atoms. The Balaban J connectivity index is 2.44. The van der Waals surface area contributed by atoms with Crippen LogP contribution in [0.5, 0.6) is 5.75 Å². The van der Waals surface area contributed by atoms with E-state index in [-0.39, 0.29) is 6.04 Å². The van der Waals surface area contributed by atoms with E-state index in [1.807, 2.05) is 32.0 Å². The first-order valence-corrected chi connectivity index (χ1v) is 7.05. The van der Waals surface area contributed by atoms with Gasteiger partial charge in [-0.2, -0.15) is 0 Å². The SMILES string of the molecule is C=C(C)COCCNC(CN)c1cccc(OCC)c1. The van der Waals surface area contributed by atoms with Gasteiger partial charge in [-0.25, -0.2) is 0 Å². The largest absolute Gasteiger partial charge is 0.494 e. The molecule has 0 amide bonds. The molecule has 4 heteroatoms. The van der Waals surface area contributed by atoms with Gasteiger partial charge in [0.1, 0.15) is 5.75 Å². The van der Waals surface area contributed by atoms with E-state index in [0.29, 0.717) is 26.4 Å². The Kier molecular flexibility index (Phi) is 7.95. The monoisotopic (exact) mass is 278 g/mol. The molecule has 0 aromatic heterocycles. The van der Waals surface area contributed by atoms with E-state index >= 15 is 0 Å². The number of hydrogen-bond donors (Lipinski definition) is 2. The number of ether oxygens (including phenoxy) is 2. The van der Waals surface area contributed by atoms with Gasteiger partial charge in [0.15, 0.2) is 0 Å².